The van der Waals surface area contributed by atoms with E-state index in [4.69, 9.17) is 9.88 Å². The van der Waals surface area contributed by atoms with E-state index in [9.17, 15) is 13.2 Å². The van der Waals surface area contributed by atoms with Crippen LogP contribution < -0.4 is 5.14 Å². The average Bonchev–Trinajstić information content (AvgIpc) is 2.41. The van der Waals surface area contributed by atoms with E-state index in [1.807, 2.05) is 0 Å². The van der Waals surface area contributed by atoms with Gasteiger partial charge in [-0.25, -0.2) is 18.4 Å². The molecule has 1 aromatic rings. The zero-order valence-electron chi connectivity index (χ0n) is 11.8. The van der Waals surface area contributed by atoms with Crippen LogP contribution in [0, 0.1) is 6.92 Å². The van der Waals surface area contributed by atoms with Crippen molar-refractivity contribution >= 4 is 31.9 Å². The second-order valence-corrected chi connectivity index (χ2v) is 7.70. The van der Waals surface area contributed by atoms with Gasteiger partial charge in [0.25, 0.3) is 0 Å². The highest BCUT2D eigenvalue weighted by Crippen LogP contribution is 2.27. The maximum absolute atomic E-state index is 12.3. The molecule has 1 aliphatic carbocycles. The number of rotatable bonds is 3. The van der Waals surface area contributed by atoms with E-state index in [-0.39, 0.29) is 16.6 Å². The average molecular weight is 376 g/mol. The topological polar surface area (TPSA) is 86.5 Å². The second kappa shape index (κ2) is 6.46. The number of primary sulfonamides is 1. The molecule has 0 spiro atoms. The Morgan fingerprint density at radius 2 is 1.90 bits per heavy atom. The molecule has 0 heterocycles. The molecule has 0 saturated heterocycles. The molecule has 5 nitrogen and oxygen atoms in total. The minimum Gasteiger partial charge on any atom is -0.459 e. The highest BCUT2D eigenvalue weighted by molar-refractivity contribution is 9.10. The first-order valence-corrected chi connectivity index (χ1v) is 9.17. The van der Waals surface area contributed by atoms with Crippen molar-refractivity contribution < 1.29 is 17.9 Å². The summed E-state index contributed by atoms with van der Waals surface area (Å²) in [6, 6.07) is 2.67. The molecule has 0 atom stereocenters. The number of nitrogens with two attached hydrogens (primary N) is 1. The van der Waals surface area contributed by atoms with E-state index >= 15 is 0 Å². The highest BCUT2D eigenvalue weighted by Gasteiger charge is 2.22. The van der Waals surface area contributed by atoms with Crippen LogP contribution in [0.25, 0.3) is 0 Å². The number of esters is 1. The number of carbonyl (C=O) groups is 1. The summed E-state index contributed by atoms with van der Waals surface area (Å²) in [4.78, 5) is 12.2. The third kappa shape index (κ3) is 4.05. The molecule has 1 fully saturated rings. The molecule has 1 aromatic carbocycles. The molecule has 1 aliphatic rings. The maximum Gasteiger partial charge on any atom is 0.338 e. The van der Waals surface area contributed by atoms with Crippen molar-refractivity contribution in [3.63, 3.8) is 0 Å². The molecule has 2 N–H and O–H groups in total. The standard InChI is InChI=1S/C14H18BrNO4S/c1-9-12(7-11(8-13(9)15)21(16,18)19)14(17)20-10-5-3-2-4-6-10/h7-8,10H,2-6H2,1H3,(H2,16,18,19). The van der Waals surface area contributed by atoms with Gasteiger partial charge in [-0.05, 0) is 50.3 Å². The van der Waals surface area contributed by atoms with Crippen LogP contribution in [0.3, 0.4) is 0 Å². The van der Waals surface area contributed by atoms with Gasteiger partial charge in [0, 0.05) is 4.47 Å². The van der Waals surface area contributed by atoms with Crippen LogP contribution in [0.2, 0.25) is 0 Å². The van der Waals surface area contributed by atoms with Crippen LogP contribution in [-0.2, 0) is 14.8 Å². The molecular formula is C14H18BrNO4S. The van der Waals surface area contributed by atoms with Gasteiger partial charge < -0.3 is 4.74 Å². The monoisotopic (exact) mass is 375 g/mol. The quantitative estimate of drug-likeness (QED) is 0.822. The number of ether oxygens (including phenoxy) is 1. The lowest BCUT2D eigenvalue weighted by molar-refractivity contribution is 0.0210. The molecule has 0 amide bonds. The molecular weight excluding hydrogens is 358 g/mol. The normalized spacial score (nSPS) is 16.7. The SMILES string of the molecule is Cc1c(Br)cc(S(N)(=O)=O)cc1C(=O)OC1CCCCC1. The van der Waals surface area contributed by atoms with Crippen LogP contribution in [0.5, 0.6) is 0 Å². The zero-order chi connectivity index (χ0) is 15.6. The first kappa shape index (κ1) is 16.5. The van der Waals surface area contributed by atoms with Gasteiger partial charge in [0.05, 0.1) is 10.5 Å². The Bertz CT molecular complexity index is 651. The summed E-state index contributed by atoms with van der Waals surface area (Å²) < 4.78 is 28.9. The van der Waals surface area contributed by atoms with Gasteiger partial charge in [-0.3, -0.25) is 0 Å². The molecule has 2 rings (SSSR count). The van der Waals surface area contributed by atoms with Crippen molar-refractivity contribution in [2.75, 3.05) is 0 Å². The summed E-state index contributed by atoms with van der Waals surface area (Å²) in [5.41, 5.74) is 0.877. The third-order valence-electron chi connectivity index (χ3n) is 3.69. The van der Waals surface area contributed by atoms with Gasteiger partial charge in [-0.2, -0.15) is 0 Å². The lowest BCUT2D eigenvalue weighted by atomic mass is 9.97. The largest absolute Gasteiger partial charge is 0.459 e. The van der Waals surface area contributed by atoms with Crippen molar-refractivity contribution in [1.82, 2.24) is 0 Å². The number of benzene rings is 1. The van der Waals surface area contributed by atoms with Gasteiger partial charge in [0.2, 0.25) is 10.0 Å². The first-order valence-electron chi connectivity index (χ1n) is 6.83. The summed E-state index contributed by atoms with van der Waals surface area (Å²) in [5.74, 6) is -0.495. The summed E-state index contributed by atoms with van der Waals surface area (Å²) in [6.07, 6.45) is 4.92. The van der Waals surface area contributed by atoms with Crippen molar-refractivity contribution in [3.05, 3.63) is 27.7 Å². The first-order chi connectivity index (χ1) is 9.79. The summed E-state index contributed by atoms with van der Waals surface area (Å²) in [6.45, 7) is 1.73. The number of hydrogen-bond acceptors (Lipinski definition) is 4. The fourth-order valence-electron chi connectivity index (χ4n) is 2.43. The van der Waals surface area contributed by atoms with E-state index in [0.29, 0.717) is 10.0 Å². The molecule has 116 valence electrons. The van der Waals surface area contributed by atoms with Gasteiger partial charge in [0.15, 0.2) is 0 Å². The predicted molar refractivity (Wildman–Crippen MR) is 82.5 cm³/mol. The van der Waals surface area contributed by atoms with Crippen LogP contribution in [0.15, 0.2) is 21.5 Å². The summed E-state index contributed by atoms with van der Waals surface area (Å²) >= 11 is 3.26. The molecule has 0 aromatic heterocycles. The van der Waals surface area contributed by atoms with Crippen LogP contribution in [0.4, 0.5) is 0 Å². The van der Waals surface area contributed by atoms with Gasteiger partial charge in [-0.1, -0.05) is 22.4 Å². The van der Waals surface area contributed by atoms with Crippen LogP contribution >= 0.6 is 15.9 Å². The third-order valence-corrected chi connectivity index (χ3v) is 5.41. The van der Waals surface area contributed by atoms with Crippen molar-refractivity contribution in [1.29, 1.82) is 0 Å². The predicted octanol–water partition coefficient (Wildman–Crippen LogP) is 2.89. The molecule has 0 aliphatic heterocycles. The Balaban J connectivity index is 2.29. The highest BCUT2D eigenvalue weighted by atomic mass is 79.9. The number of hydrogen-bond donors (Lipinski definition) is 1. The van der Waals surface area contributed by atoms with E-state index < -0.39 is 16.0 Å². The van der Waals surface area contributed by atoms with Crippen LogP contribution in [-0.4, -0.2) is 20.5 Å². The molecule has 0 bridgehead atoms. The molecule has 7 heteroatoms. The van der Waals surface area contributed by atoms with Crippen molar-refractivity contribution in [3.8, 4) is 0 Å². The number of carbonyl (C=O) groups excluding carboxylic acids is 1. The van der Waals surface area contributed by atoms with E-state index in [1.165, 1.54) is 18.6 Å². The molecule has 21 heavy (non-hydrogen) atoms. The maximum atomic E-state index is 12.3. The second-order valence-electron chi connectivity index (χ2n) is 5.29. The van der Waals surface area contributed by atoms with Crippen LogP contribution in [0.1, 0.15) is 48.0 Å². The van der Waals surface area contributed by atoms with Crippen molar-refractivity contribution in [2.24, 2.45) is 5.14 Å². The van der Waals surface area contributed by atoms with Crippen molar-refractivity contribution in [2.45, 2.75) is 50.0 Å². The van der Waals surface area contributed by atoms with Gasteiger partial charge in [-0.15, -0.1) is 0 Å². The van der Waals surface area contributed by atoms with Gasteiger partial charge in [0.1, 0.15) is 6.10 Å². The number of sulfonamides is 1. The van der Waals surface area contributed by atoms with E-state index in [1.54, 1.807) is 6.92 Å². The van der Waals surface area contributed by atoms with Gasteiger partial charge >= 0.3 is 5.97 Å². The molecule has 0 radical (unpaired) electrons. The van der Waals surface area contributed by atoms with E-state index in [2.05, 4.69) is 15.9 Å². The fraction of sp³-hybridized carbons (Fsp3) is 0.500. The summed E-state index contributed by atoms with van der Waals surface area (Å²) in [7, 11) is -3.87. The fourth-order valence-corrected chi connectivity index (χ4v) is 3.60. The number of halogens is 1. The Morgan fingerprint density at radius 1 is 1.29 bits per heavy atom. The Labute approximate surface area is 133 Å². The smallest absolute Gasteiger partial charge is 0.338 e. The zero-order valence-corrected chi connectivity index (χ0v) is 14.2. The summed E-state index contributed by atoms with van der Waals surface area (Å²) in [5, 5.41) is 5.13. The lowest BCUT2D eigenvalue weighted by Crippen LogP contribution is -2.22. The minimum atomic E-state index is -3.87. The molecule has 1 saturated carbocycles. The molecule has 0 unspecified atom stereocenters. The minimum absolute atomic E-state index is 0.0810. The Hall–Kier alpha value is -0.920. The Morgan fingerprint density at radius 3 is 2.48 bits per heavy atom. The lowest BCUT2D eigenvalue weighted by Gasteiger charge is -2.22. The Kier molecular flexibility index (Phi) is 5.06. The van der Waals surface area contributed by atoms with E-state index in [0.717, 1.165) is 25.7 Å².